The summed E-state index contributed by atoms with van der Waals surface area (Å²) in [5, 5.41) is 3.27. The van der Waals surface area contributed by atoms with E-state index in [0.29, 0.717) is 5.92 Å². The van der Waals surface area contributed by atoms with Crippen LogP contribution in [0.15, 0.2) is 30.3 Å². The third kappa shape index (κ3) is 4.51. The van der Waals surface area contributed by atoms with Crippen molar-refractivity contribution in [3.63, 3.8) is 0 Å². The molecule has 0 saturated heterocycles. The SMILES string of the molecule is C#CCCCCC(CNC)c1ccccc1. The van der Waals surface area contributed by atoms with Crippen LogP contribution < -0.4 is 5.32 Å². The van der Waals surface area contributed by atoms with Gasteiger partial charge in [0.05, 0.1) is 0 Å². The molecule has 1 nitrogen and oxygen atoms in total. The Hall–Kier alpha value is -1.26. The molecule has 0 fully saturated rings. The first-order valence-corrected chi connectivity index (χ1v) is 6.01. The van der Waals surface area contributed by atoms with Gasteiger partial charge in [-0.2, -0.15) is 0 Å². The molecule has 0 spiro atoms. The molecular formula is C15H21N. The molecule has 86 valence electrons. The Kier molecular flexibility index (Phi) is 6.37. The fraction of sp³-hybridized carbons (Fsp3) is 0.467. The summed E-state index contributed by atoms with van der Waals surface area (Å²) in [6, 6.07) is 10.7. The van der Waals surface area contributed by atoms with E-state index in [0.717, 1.165) is 19.4 Å². The van der Waals surface area contributed by atoms with Crippen molar-refractivity contribution in [1.29, 1.82) is 0 Å². The summed E-state index contributed by atoms with van der Waals surface area (Å²) in [6.07, 6.45) is 9.73. The number of hydrogen-bond acceptors (Lipinski definition) is 1. The topological polar surface area (TPSA) is 12.0 Å². The Labute approximate surface area is 99.3 Å². The molecule has 16 heavy (non-hydrogen) atoms. The normalized spacial score (nSPS) is 12.0. The number of unbranched alkanes of at least 4 members (excludes halogenated alkanes) is 2. The average Bonchev–Trinajstić information content (AvgIpc) is 2.34. The average molecular weight is 215 g/mol. The van der Waals surface area contributed by atoms with Gasteiger partial charge >= 0.3 is 0 Å². The zero-order valence-electron chi connectivity index (χ0n) is 10.1. The molecule has 0 heterocycles. The first-order chi connectivity index (χ1) is 7.88. The summed E-state index contributed by atoms with van der Waals surface area (Å²) >= 11 is 0. The molecule has 1 rings (SSSR count). The molecule has 1 unspecified atom stereocenters. The van der Waals surface area contributed by atoms with E-state index in [1.807, 2.05) is 7.05 Å². The monoisotopic (exact) mass is 215 g/mol. The lowest BCUT2D eigenvalue weighted by Gasteiger charge is -2.16. The standard InChI is InChI=1S/C15H21N/c1-3-4-5-7-12-15(13-16-2)14-10-8-6-9-11-14/h1,6,8-11,15-16H,4-5,7,12-13H2,2H3. The minimum Gasteiger partial charge on any atom is -0.319 e. The molecule has 0 aliphatic heterocycles. The molecule has 0 amide bonds. The minimum absolute atomic E-state index is 0.615. The summed E-state index contributed by atoms with van der Waals surface area (Å²) in [5.41, 5.74) is 1.43. The lowest BCUT2D eigenvalue weighted by molar-refractivity contribution is 0.549. The third-order valence-corrected chi connectivity index (χ3v) is 2.85. The predicted octanol–water partition coefficient (Wildman–Crippen LogP) is 3.18. The van der Waals surface area contributed by atoms with Gasteiger partial charge < -0.3 is 5.32 Å². The van der Waals surface area contributed by atoms with Crippen molar-refractivity contribution in [3.8, 4) is 12.3 Å². The van der Waals surface area contributed by atoms with Gasteiger partial charge in [-0.05, 0) is 31.4 Å². The molecule has 0 aromatic heterocycles. The maximum Gasteiger partial charge on any atom is 0.00860 e. The minimum atomic E-state index is 0.615. The zero-order chi connectivity index (χ0) is 11.6. The first kappa shape index (κ1) is 12.8. The van der Waals surface area contributed by atoms with Crippen LogP contribution in [0, 0.1) is 12.3 Å². The molecule has 0 bridgehead atoms. The van der Waals surface area contributed by atoms with Crippen molar-refractivity contribution in [2.24, 2.45) is 0 Å². The molecule has 1 heteroatoms. The molecule has 0 saturated carbocycles. The van der Waals surface area contributed by atoms with Gasteiger partial charge in [0.1, 0.15) is 0 Å². The lowest BCUT2D eigenvalue weighted by Crippen LogP contribution is -2.17. The van der Waals surface area contributed by atoms with E-state index >= 15 is 0 Å². The summed E-state index contributed by atoms with van der Waals surface area (Å²) in [4.78, 5) is 0. The van der Waals surface area contributed by atoms with Crippen LogP contribution in [-0.2, 0) is 0 Å². The van der Waals surface area contributed by atoms with E-state index < -0.39 is 0 Å². The second-order valence-electron chi connectivity index (χ2n) is 4.12. The Morgan fingerprint density at radius 3 is 2.62 bits per heavy atom. The van der Waals surface area contributed by atoms with Crippen LogP contribution in [0.5, 0.6) is 0 Å². The largest absolute Gasteiger partial charge is 0.319 e. The van der Waals surface area contributed by atoms with Crippen molar-refractivity contribution in [2.75, 3.05) is 13.6 Å². The van der Waals surface area contributed by atoms with Gasteiger partial charge in [0.15, 0.2) is 0 Å². The van der Waals surface area contributed by atoms with Crippen LogP contribution in [0.3, 0.4) is 0 Å². The Morgan fingerprint density at radius 2 is 2.00 bits per heavy atom. The Morgan fingerprint density at radius 1 is 1.25 bits per heavy atom. The number of terminal acetylenes is 1. The van der Waals surface area contributed by atoms with E-state index in [1.54, 1.807) is 0 Å². The highest BCUT2D eigenvalue weighted by molar-refractivity contribution is 5.19. The number of rotatable bonds is 7. The number of likely N-dealkylation sites (N-methyl/N-ethyl adjacent to an activating group) is 1. The van der Waals surface area contributed by atoms with E-state index in [9.17, 15) is 0 Å². The highest BCUT2D eigenvalue weighted by Crippen LogP contribution is 2.21. The maximum atomic E-state index is 5.25. The van der Waals surface area contributed by atoms with Crippen molar-refractivity contribution < 1.29 is 0 Å². The van der Waals surface area contributed by atoms with Crippen LogP contribution in [0.1, 0.15) is 37.2 Å². The van der Waals surface area contributed by atoms with Crippen molar-refractivity contribution in [2.45, 2.75) is 31.6 Å². The van der Waals surface area contributed by atoms with E-state index in [1.165, 1.54) is 18.4 Å². The quantitative estimate of drug-likeness (QED) is 0.544. The van der Waals surface area contributed by atoms with Crippen LogP contribution in [0.2, 0.25) is 0 Å². The van der Waals surface area contributed by atoms with Crippen LogP contribution >= 0.6 is 0 Å². The van der Waals surface area contributed by atoms with Gasteiger partial charge in [-0.15, -0.1) is 12.3 Å². The van der Waals surface area contributed by atoms with Crippen LogP contribution in [-0.4, -0.2) is 13.6 Å². The number of hydrogen-bond donors (Lipinski definition) is 1. The molecular weight excluding hydrogens is 194 g/mol. The van der Waals surface area contributed by atoms with Crippen molar-refractivity contribution in [3.05, 3.63) is 35.9 Å². The van der Waals surface area contributed by atoms with Gasteiger partial charge in [-0.1, -0.05) is 36.8 Å². The molecule has 1 atom stereocenters. The second-order valence-corrected chi connectivity index (χ2v) is 4.12. The highest BCUT2D eigenvalue weighted by Gasteiger charge is 2.09. The summed E-state index contributed by atoms with van der Waals surface area (Å²) in [5.74, 6) is 3.31. The molecule has 0 aliphatic rings. The van der Waals surface area contributed by atoms with Crippen LogP contribution in [0.4, 0.5) is 0 Å². The summed E-state index contributed by atoms with van der Waals surface area (Å²) in [6.45, 7) is 1.04. The van der Waals surface area contributed by atoms with Gasteiger partial charge in [0, 0.05) is 13.0 Å². The summed E-state index contributed by atoms with van der Waals surface area (Å²) < 4.78 is 0. The molecule has 1 aromatic rings. The van der Waals surface area contributed by atoms with Crippen LogP contribution in [0.25, 0.3) is 0 Å². The molecule has 1 N–H and O–H groups in total. The number of nitrogens with one attached hydrogen (secondary N) is 1. The van der Waals surface area contributed by atoms with Crippen molar-refractivity contribution in [1.82, 2.24) is 5.32 Å². The zero-order valence-corrected chi connectivity index (χ0v) is 10.1. The van der Waals surface area contributed by atoms with E-state index in [-0.39, 0.29) is 0 Å². The Balaban J connectivity index is 2.45. The molecule has 0 radical (unpaired) electrons. The summed E-state index contributed by atoms with van der Waals surface area (Å²) in [7, 11) is 2.01. The maximum absolute atomic E-state index is 5.25. The smallest absolute Gasteiger partial charge is 0.00860 e. The molecule has 1 aromatic carbocycles. The van der Waals surface area contributed by atoms with Gasteiger partial charge in [-0.25, -0.2) is 0 Å². The van der Waals surface area contributed by atoms with Gasteiger partial charge in [0.2, 0.25) is 0 Å². The lowest BCUT2D eigenvalue weighted by atomic mass is 9.93. The van der Waals surface area contributed by atoms with Crippen molar-refractivity contribution >= 4 is 0 Å². The van der Waals surface area contributed by atoms with Gasteiger partial charge in [-0.3, -0.25) is 0 Å². The highest BCUT2D eigenvalue weighted by atomic mass is 14.8. The molecule has 0 aliphatic carbocycles. The third-order valence-electron chi connectivity index (χ3n) is 2.85. The van der Waals surface area contributed by atoms with E-state index in [2.05, 4.69) is 41.6 Å². The predicted molar refractivity (Wildman–Crippen MR) is 70.4 cm³/mol. The van der Waals surface area contributed by atoms with E-state index in [4.69, 9.17) is 6.42 Å². The first-order valence-electron chi connectivity index (χ1n) is 6.01. The van der Waals surface area contributed by atoms with Gasteiger partial charge in [0.25, 0.3) is 0 Å². The fourth-order valence-corrected chi connectivity index (χ4v) is 1.98. The Bertz CT molecular complexity index is 310. The fourth-order valence-electron chi connectivity index (χ4n) is 1.98. The second kappa shape index (κ2) is 7.96. The number of benzene rings is 1.